The number of esters is 1. The van der Waals surface area contributed by atoms with Crippen molar-refractivity contribution >= 4 is 41.4 Å². The first-order chi connectivity index (χ1) is 31.0. The number of cyclic esters (lactones) is 1. The highest BCUT2D eigenvalue weighted by Gasteiger charge is 2.39. The van der Waals surface area contributed by atoms with Gasteiger partial charge in [-0.1, -0.05) is 60.7 Å². The SMILES string of the molecule is C[C@H]1NC(=O)[C@H](Cc2ccccc2)NC(=O)[C@H](NC(=O)[C@H](Cc2ccccc2)NC(=O)c2ccc[nH]2)[C@@H](C)OC(=O)[C@H](c2cc(O)cc(O)c2)NC(=O)[C@@H](c2cc(O)cc(O)c2)NC1=O. The van der Waals surface area contributed by atoms with Crippen molar-refractivity contribution in [1.29, 1.82) is 0 Å². The largest absolute Gasteiger partial charge is 0.508 e. The van der Waals surface area contributed by atoms with Crippen LogP contribution in [0.5, 0.6) is 23.0 Å². The van der Waals surface area contributed by atoms with Crippen molar-refractivity contribution in [3.05, 3.63) is 143 Å². The summed E-state index contributed by atoms with van der Waals surface area (Å²) in [6.07, 6.45) is -0.311. The summed E-state index contributed by atoms with van der Waals surface area (Å²) in [5, 5.41) is 56.8. The van der Waals surface area contributed by atoms with Crippen LogP contribution in [0.25, 0.3) is 0 Å². The van der Waals surface area contributed by atoms with Gasteiger partial charge in [0.15, 0.2) is 6.04 Å². The Balaban J connectivity index is 1.43. The summed E-state index contributed by atoms with van der Waals surface area (Å²) in [4.78, 5) is 101. The molecule has 1 aliphatic rings. The summed E-state index contributed by atoms with van der Waals surface area (Å²) in [6.45, 7) is 2.54. The number of nitrogens with one attached hydrogen (secondary N) is 7. The van der Waals surface area contributed by atoms with E-state index in [0.717, 1.165) is 36.4 Å². The molecule has 11 N–H and O–H groups in total. The number of ether oxygens (including phenoxy) is 1. The molecule has 338 valence electrons. The third-order valence-corrected chi connectivity index (χ3v) is 10.4. The first kappa shape index (κ1) is 46.2. The summed E-state index contributed by atoms with van der Waals surface area (Å²) in [7, 11) is 0. The molecule has 0 spiro atoms. The molecule has 6 amide bonds. The van der Waals surface area contributed by atoms with E-state index in [2.05, 4.69) is 36.9 Å². The molecule has 5 aromatic rings. The third-order valence-electron chi connectivity index (χ3n) is 10.4. The second kappa shape index (κ2) is 20.7. The maximum Gasteiger partial charge on any atom is 0.333 e. The lowest BCUT2D eigenvalue weighted by molar-refractivity contribution is -0.156. The molecule has 1 aliphatic heterocycles. The van der Waals surface area contributed by atoms with Gasteiger partial charge in [0, 0.05) is 31.2 Å². The average Bonchev–Trinajstić information content (AvgIpc) is 3.81. The summed E-state index contributed by atoms with van der Waals surface area (Å²) in [5.74, 6) is -8.93. The number of aromatic hydroxyl groups is 4. The second-order valence-corrected chi connectivity index (χ2v) is 15.4. The molecular weight excluding hydrogens is 843 g/mol. The Bertz CT molecular complexity index is 2500. The van der Waals surface area contributed by atoms with E-state index in [-0.39, 0.29) is 29.7 Å². The van der Waals surface area contributed by atoms with Crippen LogP contribution in [-0.4, -0.2) is 97.1 Å². The monoisotopic (exact) mass is 889 g/mol. The van der Waals surface area contributed by atoms with E-state index in [1.165, 1.54) is 26.1 Å². The van der Waals surface area contributed by atoms with Crippen molar-refractivity contribution in [3.63, 3.8) is 0 Å². The predicted octanol–water partition coefficient (Wildman–Crippen LogP) is 1.56. The molecule has 7 atom stereocenters. The van der Waals surface area contributed by atoms with Gasteiger partial charge in [-0.3, -0.25) is 28.8 Å². The van der Waals surface area contributed by atoms with Crippen LogP contribution in [0, 0.1) is 0 Å². The molecule has 65 heavy (non-hydrogen) atoms. The minimum atomic E-state index is -1.91. The van der Waals surface area contributed by atoms with E-state index < -0.39 is 107 Å². The molecule has 0 radical (unpaired) electrons. The van der Waals surface area contributed by atoms with Crippen LogP contribution in [0.15, 0.2) is 115 Å². The first-order valence-electron chi connectivity index (χ1n) is 20.3. The van der Waals surface area contributed by atoms with Crippen LogP contribution in [0.3, 0.4) is 0 Å². The summed E-state index contributed by atoms with van der Waals surface area (Å²) >= 11 is 0. The van der Waals surface area contributed by atoms with Crippen LogP contribution in [0.4, 0.5) is 0 Å². The molecule has 0 aliphatic carbocycles. The molecular formula is C46H47N7O12. The van der Waals surface area contributed by atoms with Gasteiger partial charge in [0.05, 0.1) is 0 Å². The van der Waals surface area contributed by atoms with Crippen LogP contribution in [0.1, 0.15) is 58.7 Å². The van der Waals surface area contributed by atoms with Crippen molar-refractivity contribution in [2.45, 2.75) is 69.0 Å². The van der Waals surface area contributed by atoms with Gasteiger partial charge in [0.1, 0.15) is 65.0 Å². The Hall–Kier alpha value is -8.35. The Morgan fingerprint density at radius 2 is 1.18 bits per heavy atom. The number of aromatic nitrogens is 1. The van der Waals surface area contributed by atoms with Gasteiger partial charge in [-0.15, -0.1) is 0 Å². The highest BCUT2D eigenvalue weighted by molar-refractivity contribution is 5.99. The number of amides is 6. The zero-order valence-electron chi connectivity index (χ0n) is 35.0. The van der Waals surface area contributed by atoms with Gasteiger partial charge in [-0.05, 0) is 72.5 Å². The fourth-order valence-electron chi connectivity index (χ4n) is 7.08. The van der Waals surface area contributed by atoms with E-state index in [1.54, 1.807) is 66.7 Å². The maximum atomic E-state index is 14.5. The fraction of sp³-hybridized carbons (Fsp3) is 0.239. The maximum absolute atomic E-state index is 14.5. The molecule has 1 saturated heterocycles. The summed E-state index contributed by atoms with van der Waals surface area (Å²) in [5.41, 5.74) is 0.935. The Morgan fingerprint density at radius 1 is 0.631 bits per heavy atom. The number of H-pyrrole nitrogens is 1. The lowest BCUT2D eigenvalue weighted by atomic mass is 10.0. The standard InChI is InChI=1S/C46H47N7O12/c1-24-40(58)52-38(28-18-30(54)22-31(55)19-28)45(63)53-39(29-20-32(56)23-33(57)21-29)46(64)65-25(2)37(44(62)50-35(42(60)48-24)16-26-10-5-3-6-11-26)51-43(61)36(17-27-12-7-4-8-13-27)49-41(59)34-14-9-15-47-34/h3-15,18-25,35-39,47,54-57H,16-17H2,1-2H3,(H,48,60)(H,49,59)(H,50,62)(H,51,61)(H,52,58)(H,53,63)/t24-,25-,35+,36+,37-,38-,39+/m1/s1. The van der Waals surface area contributed by atoms with Gasteiger partial charge in [0.25, 0.3) is 5.91 Å². The van der Waals surface area contributed by atoms with Crippen molar-refractivity contribution < 1.29 is 58.7 Å². The van der Waals surface area contributed by atoms with E-state index in [0.29, 0.717) is 11.1 Å². The molecule has 0 saturated carbocycles. The number of hydrogen-bond acceptors (Lipinski definition) is 12. The molecule has 19 nitrogen and oxygen atoms in total. The molecule has 19 heteroatoms. The smallest absolute Gasteiger partial charge is 0.333 e. The predicted molar refractivity (Wildman–Crippen MR) is 231 cm³/mol. The molecule has 0 bridgehead atoms. The molecule has 1 fully saturated rings. The quantitative estimate of drug-likeness (QED) is 0.0891. The normalized spacial score (nSPS) is 21.4. The third kappa shape index (κ3) is 12.2. The van der Waals surface area contributed by atoms with Crippen molar-refractivity contribution in [1.82, 2.24) is 36.9 Å². The van der Waals surface area contributed by atoms with E-state index in [9.17, 15) is 54.0 Å². The molecule has 4 aromatic carbocycles. The van der Waals surface area contributed by atoms with Crippen LogP contribution in [-0.2, 0) is 46.3 Å². The lowest BCUT2D eigenvalue weighted by Crippen LogP contribution is -2.62. The minimum Gasteiger partial charge on any atom is -0.508 e. The van der Waals surface area contributed by atoms with Gasteiger partial charge in [-0.2, -0.15) is 0 Å². The van der Waals surface area contributed by atoms with Gasteiger partial charge in [0.2, 0.25) is 29.5 Å². The Labute approximate surface area is 371 Å². The Morgan fingerprint density at radius 3 is 1.75 bits per heavy atom. The summed E-state index contributed by atoms with van der Waals surface area (Å²) < 4.78 is 5.81. The summed E-state index contributed by atoms with van der Waals surface area (Å²) in [6, 6.07) is 16.7. The number of carbonyl (C=O) groups is 7. The highest BCUT2D eigenvalue weighted by atomic mass is 16.5. The topological polar surface area (TPSA) is 298 Å². The number of phenols is 4. The number of benzene rings is 4. The number of aromatic amines is 1. The lowest BCUT2D eigenvalue weighted by Gasteiger charge is -2.31. The van der Waals surface area contributed by atoms with E-state index in [1.807, 2.05) is 0 Å². The first-order valence-corrected chi connectivity index (χ1v) is 20.3. The minimum absolute atomic E-state index is 0.0617. The van der Waals surface area contributed by atoms with Gasteiger partial charge >= 0.3 is 5.97 Å². The highest BCUT2D eigenvalue weighted by Crippen LogP contribution is 2.29. The molecule has 6 rings (SSSR count). The fourth-order valence-corrected chi connectivity index (χ4v) is 7.08. The van der Waals surface area contributed by atoms with Crippen LogP contribution >= 0.6 is 0 Å². The van der Waals surface area contributed by atoms with Crippen molar-refractivity contribution in [3.8, 4) is 23.0 Å². The number of hydrogen-bond donors (Lipinski definition) is 11. The second-order valence-electron chi connectivity index (χ2n) is 15.4. The average molecular weight is 890 g/mol. The van der Waals surface area contributed by atoms with Gasteiger partial charge < -0.3 is 62.0 Å². The number of carbonyl (C=O) groups excluding carboxylic acids is 7. The van der Waals surface area contributed by atoms with Crippen LogP contribution in [0.2, 0.25) is 0 Å². The van der Waals surface area contributed by atoms with E-state index >= 15 is 0 Å². The molecule has 0 unspecified atom stereocenters. The number of rotatable bonds is 10. The zero-order chi connectivity index (χ0) is 46.8. The van der Waals surface area contributed by atoms with E-state index in [4.69, 9.17) is 4.74 Å². The van der Waals surface area contributed by atoms with Crippen LogP contribution < -0.4 is 31.9 Å². The van der Waals surface area contributed by atoms with Crippen molar-refractivity contribution in [2.75, 3.05) is 0 Å². The van der Waals surface area contributed by atoms with Crippen molar-refractivity contribution in [2.24, 2.45) is 0 Å². The Kier molecular flexibility index (Phi) is 14.7. The number of phenolic OH excluding ortho intramolecular Hbond substituents is 4. The molecule has 2 heterocycles. The molecule has 1 aromatic heterocycles. The van der Waals surface area contributed by atoms with Gasteiger partial charge in [-0.25, -0.2) is 4.79 Å². The zero-order valence-corrected chi connectivity index (χ0v) is 35.0.